The summed E-state index contributed by atoms with van der Waals surface area (Å²) < 4.78 is 12.9. The quantitative estimate of drug-likeness (QED) is 0.459. The van der Waals surface area contributed by atoms with E-state index in [4.69, 9.17) is 31.0 Å². The number of nitrogens with zero attached hydrogens (tertiary/aromatic N) is 5. The molecule has 0 aliphatic heterocycles. The first-order valence-corrected chi connectivity index (χ1v) is 9.50. The number of benzene rings is 2. The monoisotopic (exact) mass is 411 g/mol. The van der Waals surface area contributed by atoms with Crippen LogP contribution in [0.2, 0.25) is 5.02 Å². The van der Waals surface area contributed by atoms with Crippen molar-refractivity contribution in [2.24, 2.45) is 7.05 Å². The molecule has 8 heteroatoms. The lowest BCUT2D eigenvalue weighted by Crippen LogP contribution is -2.12. The van der Waals surface area contributed by atoms with Crippen LogP contribution in [0.5, 0.6) is 5.75 Å². The fourth-order valence-electron chi connectivity index (χ4n) is 3.45. The Morgan fingerprint density at radius 2 is 1.97 bits per heavy atom. The summed E-state index contributed by atoms with van der Waals surface area (Å²) >= 11 is 6.21. The van der Waals surface area contributed by atoms with Crippen molar-refractivity contribution in [1.29, 1.82) is 0 Å². The first-order chi connectivity index (χ1) is 13.9. The molecule has 0 atom stereocenters. The van der Waals surface area contributed by atoms with Crippen LogP contribution in [0.4, 0.5) is 5.82 Å². The number of rotatable bonds is 5. The molecule has 0 saturated carbocycles. The number of halogens is 1. The number of aromatic nitrogens is 4. The Morgan fingerprint density at radius 1 is 1.17 bits per heavy atom. The van der Waals surface area contributed by atoms with Gasteiger partial charge in [0.25, 0.3) is 0 Å². The van der Waals surface area contributed by atoms with Crippen LogP contribution in [0.25, 0.3) is 33.2 Å². The van der Waals surface area contributed by atoms with E-state index >= 15 is 0 Å². The Kier molecular flexibility index (Phi) is 5.02. The molecule has 0 fully saturated rings. The van der Waals surface area contributed by atoms with Gasteiger partial charge in [-0.15, -0.1) is 0 Å². The summed E-state index contributed by atoms with van der Waals surface area (Å²) in [6, 6.07) is 7.63. The largest absolute Gasteiger partial charge is 0.466 e. The van der Waals surface area contributed by atoms with E-state index in [9.17, 15) is 0 Å². The van der Waals surface area contributed by atoms with Gasteiger partial charge in [-0.25, -0.2) is 9.97 Å². The molecule has 0 bridgehead atoms. The number of anilines is 1. The zero-order valence-electron chi connectivity index (χ0n) is 17.0. The maximum atomic E-state index is 6.21. The standard InChI is InChI=1S/C21H22ClN5O2/c1-12-18-13(10-27(4)25-18)8-16(19(12)29-11-28-5)20-23-17-7-6-14(22)9-15(17)21(24-20)26(2)3/h6-10H,11H2,1-5H3. The molecule has 2 heterocycles. The van der Waals surface area contributed by atoms with Gasteiger partial charge in [0.15, 0.2) is 12.6 Å². The Hall–Kier alpha value is -2.90. The molecule has 0 aliphatic rings. The van der Waals surface area contributed by atoms with Crippen LogP contribution in [-0.4, -0.2) is 47.7 Å². The molecule has 4 rings (SSSR count). The molecule has 29 heavy (non-hydrogen) atoms. The molecule has 4 aromatic rings. The number of fused-ring (bicyclic) bond motifs is 2. The third-order valence-electron chi connectivity index (χ3n) is 4.72. The highest BCUT2D eigenvalue weighted by Crippen LogP contribution is 2.38. The summed E-state index contributed by atoms with van der Waals surface area (Å²) in [6.45, 7) is 2.10. The predicted octanol–water partition coefficient (Wildman–Crippen LogP) is 4.19. The molecule has 7 nitrogen and oxygen atoms in total. The lowest BCUT2D eigenvalue weighted by atomic mass is 10.0. The average molecular weight is 412 g/mol. The van der Waals surface area contributed by atoms with Gasteiger partial charge in [-0.2, -0.15) is 5.10 Å². The van der Waals surface area contributed by atoms with E-state index in [2.05, 4.69) is 5.10 Å². The Balaban J connectivity index is 2.02. The van der Waals surface area contributed by atoms with Gasteiger partial charge >= 0.3 is 0 Å². The van der Waals surface area contributed by atoms with Crippen LogP contribution in [0.3, 0.4) is 0 Å². The molecule has 0 unspecified atom stereocenters. The summed E-state index contributed by atoms with van der Waals surface area (Å²) in [7, 11) is 7.39. The SMILES string of the molecule is COCOc1c(-c2nc(N(C)C)c3cc(Cl)ccc3n2)cc2cn(C)nc2c1C. The summed E-state index contributed by atoms with van der Waals surface area (Å²) in [5.41, 5.74) is 3.40. The van der Waals surface area contributed by atoms with Crippen molar-refractivity contribution in [2.45, 2.75) is 6.92 Å². The minimum absolute atomic E-state index is 0.121. The first-order valence-electron chi connectivity index (χ1n) is 9.12. The fraction of sp³-hybridized carbons (Fsp3) is 0.286. The molecule has 2 aromatic heterocycles. The highest BCUT2D eigenvalue weighted by Gasteiger charge is 2.20. The molecule has 0 amide bonds. The molecular formula is C21H22ClN5O2. The van der Waals surface area contributed by atoms with Crippen LogP contribution >= 0.6 is 11.6 Å². The van der Waals surface area contributed by atoms with E-state index in [1.807, 2.05) is 63.4 Å². The highest BCUT2D eigenvalue weighted by molar-refractivity contribution is 6.31. The summed E-state index contributed by atoms with van der Waals surface area (Å²) in [5, 5.41) is 7.09. The second kappa shape index (κ2) is 7.50. The lowest BCUT2D eigenvalue weighted by molar-refractivity contribution is 0.0511. The van der Waals surface area contributed by atoms with E-state index in [0.717, 1.165) is 38.8 Å². The topological polar surface area (TPSA) is 65.3 Å². The molecular weight excluding hydrogens is 390 g/mol. The van der Waals surface area contributed by atoms with Crippen molar-refractivity contribution in [1.82, 2.24) is 19.7 Å². The molecule has 0 aliphatic carbocycles. The van der Waals surface area contributed by atoms with E-state index in [0.29, 0.717) is 16.6 Å². The van der Waals surface area contributed by atoms with Gasteiger partial charge in [-0.05, 0) is 31.2 Å². The third-order valence-corrected chi connectivity index (χ3v) is 4.96. The second-order valence-corrected chi connectivity index (χ2v) is 7.53. The van der Waals surface area contributed by atoms with Gasteiger partial charge in [-0.1, -0.05) is 11.6 Å². The molecule has 0 saturated heterocycles. The van der Waals surface area contributed by atoms with Crippen LogP contribution in [0, 0.1) is 6.92 Å². The highest BCUT2D eigenvalue weighted by atomic mass is 35.5. The van der Waals surface area contributed by atoms with Crippen molar-refractivity contribution >= 4 is 39.2 Å². The number of methoxy groups -OCH3 is 1. The van der Waals surface area contributed by atoms with Gasteiger partial charge < -0.3 is 14.4 Å². The van der Waals surface area contributed by atoms with Crippen molar-refractivity contribution < 1.29 is 9.47 Å². The number of ether oxygens (including phenoxy) is 2. The maximum Gasteiger partial charge on any atom is 0.188 e. The van der Waals surface area contributed by atoms with Crippen LogP contribution in [0.15, 0.2) is 30.5 Å². The molecule has 150 valence electrons. The Bertz CT molecular complexity index is 1220. The van der Waals surface area contributed by atoms with Gasteiger partial charge in [0.2, 0.25) is 0 Å². The van der Waals surface area contributed by atoms with Gasteiger partial charge in [0, 0.05) is 55.8 Å². The normalized spacial score (nSPS) is 11.4. The summed E-state index contributed by atoms with van der Waals surface area (Å²) in [4.78, 5) is 11.6. The molecule has 0 radical (unpaired) electrons. The predicted molar refractivity (Wildman–Crippen MR) is 116 cm³/mol. The van der Waals surface area contributed by atoms with Gasteiger partial charge in [0.05, 0.1) is 16.6 Å². The van der Waals surface area contributed by atoms with E-state index in [1.54, 1.807) is 11.8 Å². The maximum absolute atomic E-state index is 6.21. The minimum Gasteiger partial charge on any atom is -0.466 e. The van der Waals surface area contributed by atoms with Crippen molar-refractivity contribution in [2.75, 3.05) is 32.9 Å². The van der Waals surface area contributed by atoms with E-state index in [1.165, 1.54) is 0 Å². The van der Waals surface area contributed by atoms with Crippen LogP contribution in [0.1, 0.15) is 5.56 Å². The summed E-state index contributed by atoms with van der Waals surface area (Å²) in [6.07, 6.45) is 1.97. The van der Waals surface area contributed by atoms with Crippen molar-refractivity contribution in [3.63, 3.8) is 0 Å². The second-order valence-electron chi connectivity index (χ2n) is 7.10. The van der Waals surface area contributed by atoms with Crippen molar-refractivity contribution in [3.8, 4) is 17.1 Å². The van der Waals surface area contributed by atoms with E-state index < -0.39 is 0 Å². The summed E-state index contributed by atoms with van der Waals surface area (Å²) in [5.74, 6) is 2.02. The first kappa shape index (κ1) is 19.4. The van der Waals surface area contributed by atoms with Gasteiger partial charge in [-0.3, -0.25) is 4.68 Å². The smallest absolute Gasteiger partial charge is 0.188 e. The zero-order valence-corrected chi connectivity index (χ0v) is 17.8. The number of aryl methyl sites for hydroxylation is 2. The number of hydrogen-bond donors (Lipinski definition) is 0. The molecule has 0 N–H and O–H groups in total. The lowest BCUT2D eigenvalue weighted by Gasteiger charge is -2.18. The van der Waals surface area contributed by atoms with Gasteiger partial charge in [0.1, 0.15) is 11.6 Å². The van der Waals surface area contributed by atoms with E-state index in [-0.39, 0.29) is 6.79 Å². The average Bonchev–Trinajstić information content (AvgIpc) is 3.07. The third kappa shape index (κ3) is 3.47. The van der Waals surface area contributed by atoms with Crippen molar-refractivity contribution in [3.05, 3.63) is 41.0 Å². The molecule has 2 aromatic carbocycles. The molecule has 0 spiro atoms. The zero-order chi connectivity index (χ0) is 20.7. The van der Waals surface area contributed by atoms with Crippen LogP contribution < -0.4 is 9.64 Å². The fourth-order valence-corrected chi connectivity index (χ4v) is 3.62. The Labute approximate surface area is 173 Å². The number of hydrogen-bond acceptors (Lipinski definition) is 6. The minimum atomic E-state index is 0.121. The Morgan fingerprint density at radius 3 is 2.69 bits per heavy atom. The van der Waals surface area contributed by atoms with Crippen LogP contribution in [-0.2, 0) is 11.8 Å².